The summed E-state index contributed by atoms with van der Waals surface area (Å²) in [6.45, 7) is 2.19. The van der Waals surface area contributed by atoms with E-state index in [0.29, 0.717) is 22.9 Å². The van der Waals surface area contributed by atoms with Gasteiger partial charge in [-0.25, -0.2) is 18.1 Å². The number of benzene rings is 2. The molecule has 1 aromatic heterocycles. The van der Waals surface area contributed by atoms with Crippen LogP contribution in [0.5, 0.6) is 11.5 Å². The summed E-state index contributed by atoms with van der Waals surface area (Å²) < 4.78 is 38.2. The Bertz CT molecular complexity index is 1100. The summed E-state index contributed by atoms with van der Waals surface area (Å²) in [5.74, 6) is 0.836. The molecule has 0 radical (unpaired) electrons. The van der Waals surface area contributed by atoms with Crippen molar-refractivity contribution in [1.82, 2.24) is 9.71 Å². The molecule has 1 heterocycles. The minimum absolute atomic E-state index is 0.123. The molecular weight excluding hydrogens is 432 g/mol. The van der Waals surface area contributed by atoms with Crippen LogP contribution in [0.15, 0.2) is 47.4 Å². The zero-order valence-corrected chi connectivity index (χ0v) is 18.6. The van der Waals surface area contributed by atoms with Crippen LogP contribution in [0.2, 0.25) is 5.02 Å². The third-order valence-corrected chi connectivity index (χ3v) is 7.27. The maximum Gasteiger partial charge on any atom is 0.240 e. The quantitative estimate of drug-likeness (QED) is 0.551. The first kappa shape index (κ1) is 21.6. The summed E-state index contributed by atoms with van der Waals surface area (Å²) in [5, 5.41) is 1.56. The summed E-state index contributed by atoms with van der Waals surface area (Å²) >= 11 is 7.49. The zero-order valence-electron chi connectivity index (χ0n) is 16.2. The molecule has 0 bridgehead atoms. The maximum atomic E-state index is 12.6. The summed E-state index contributed by atoms with van der Waals surface area (Å²) in [5.41, 5.74) is 1.88. The monoisotopic (exact) mass is 452 g/mol. The van der Waals surface area contributed by atoms with Crippen molar-refractivity contribution < 1.29 is 17.9 Å². The highest BCUT2D eigenvalue weighted by atomic mass is 35.5. The maximum absolute atomic E-state index is 12.6. The lowest BCUT2D eigenvalue weighted by molar-refractivity contribution is 0.354. The third kappa shape index (κ3) is 5.08. The van der Waals surface area contributed by atoms with E-state index in [0.717, 1.165) is 21.1 Å². The van der Waals surface area contributed by atoms with Crippen molar-refractivity contribution in [2.75, 3.05) is 20.8 Å². The van der Waals surface area contributed by atoms with E-state index < -0.39 is 10.0 Å². The second-order valence-electron chi connectivity index (χ2n) is 6.20. The summed E-state index contributed by atoms with van der Waals surface area (Å²) in [6.07, 6.45) is 0.545. The normalized spacial score (nSPS) is 11.4. The van der Waals surface area contributed by atoms with E-state index in [-0.39, 0.29) is 11.4 Å². The second-order valence-corrected chi connectivity index (χ2v) is 9.49. The molecule has 3 rings (SSSR count). The van der Waals surface area contributed by atoms with Crippen LogP contribution < -0.4 is 14.2 Å². The molecule has 0 aliphatic carbocycles. The topological polar surface area (TPSA) is 77.5 Å². The Kier molecular flexibility index (Phi) is 6.79. The highest BCUT2D eigenvalue weighted by Gasteiger charge is 2.17. The van der Waals surface area contributed by atoms with Gasteiger partial charge >= 0.3 is 0 Å². The fourth-order valence-corrected chi connectivity index (χ4v) is 4.98. The Morgan fingerprint density at radius 3 is 2.41 bits per heavy atom. The number of ether oxygens (including phenoxy) is 2. The smallest absolute Gasteiger partial charge is 0.240 e. The predicted octanol–water partition coefficient (Wildman–Crippen LogP) is 4.31. The van der Waals surface area contributed by atoms with Crippen LogP contribution in [-0.2, 0) is 16.4 Å². The summed E-state index contributed by atoms with van der Waals surface area (Å²) in [4.78, 5) is 5.75. The molecular formula is C20H21ClN2O4S2. The molecule has 1 N–H and O–H groups in total. The first-order valence-electron chi connectivity index (χ1n) is 8.78. The Morgan fingerprint density at radius 1 is 1.07 bits per heavy atom. The molecule has 0 amide bonds. The van der Waals surface area contributed by atoms with Gasteiger partial charge in [0.1, 0.15) is 5.01 Å². The van der Waals surface area contributed by atoms with Crippen molar-refractivity contribution in [2.24, 2.45) is 0 Å². The standard InChI is InChI=1S/C20H21ClN2O4S2/c1-13-19(28-20(23-13)14-4-6-15(21)7-5-14)10-11-22-29(24,25)16-8-9-17(26-2)18(12-16)27-3/h4-9,12,22H,10-11H2,1-3H3. The van der Waals surface area contributed by atoms with E-state index in [1.807, 2.05) is 31.2 Å². The lowest BCUT2D eigenvalue weighted by Gasteiger charge is -2.11. The van der Waals surface area contributed by atoms with Gasteiger partial charge in [-0.2, -0.15) is 0 Å². The first-order chi connectivity index (χ1) is 13.8. The Morgan fingerprint density at radius 2 is 1.76 bits per heavy atom. The SMILES string of the molecule is COc1ccc(S(=O)(=O)NCCc2sc(-c3ccc(Cl)cc3)nc2C)cc1OC. The number of hydrogen-bond donors (Lipinski definition) is 1. The number of aryl methyl sites for hydroxylation is 1. The second kappa shape index (κ2) is 9.13. The van der Waals surface area contributed by atoms with Crippen LogP contribution in [0.4, 0.5) is 0 Å². The Hall–Kier alpha value is -2.13. The molecule has 0 fully saturated rings. The van der Waals surface area contributed by atoms with E-state index in [2.05, 4.69) is 9.71 Å². The van der Waals surface area contributed by atoms with Gasteiger partial charge in [0.05, 0.1) is 24.8 Å². The molecule has 154 valence electrons. The van der Waals surface area contributed by atoms with Gasteiger partial charge in [0, 0.05) is 28.1 Å². The average molecular weight is 453 g/mol. The molecule has 0 saturated heterocycles. The number of sulfonamides is 1. The highest BCUT2D eigenvalue weighted by molar-refractivity contribution is 7.89. The van der Waals surface area contributed by atoms with Gasteiger partial charge in [-0.05, 0) is 37.6 Å². The molecule has 2 aromatic carbocycles. The van der Waals surface area contributed by atoms with Gasteiger partial charge in [-0.3, -0.25) is 0 Å². The van der Waals surface area contributed by atoms with Crippen LogP contribution in [0.3, 0.4) is 0 Å². The van der Waals surface area contributed by atoms with E-state index in [1.165, 1.54) is 26.4 Å². The molecule has 9 heteroatoms. The van der Waals surface area contributed by atoms with Crippen molar-refractivity contribution in [1.29, 1.82) is 0 Å². The number of nitrogens with zero attached hydrogens (tertiary/aromatic N) is 1. The van der Waals surface area contributed by atoms with Gasteiger partial charge in [0.25, 0.3) is 0 Å². The average Bonchev–Trinajstić information content (AvgIpc) is 3.08. The first-order valence-corrected chi connectivity index (χ1v) is 11.5. The van der Waals surface area contributed by atoms with Gasteiger partial charge in [-0.15, -0.1) is 11.3 Å². The molecule has 0 aliphatic rings. The molecule has 0 unspecified atom stereocenters. The number of aromatic nitrogens is 1. The highest BCUT2D eigenvalue weighted by Crippen LogP contribution is 2.30. The molecule has 29 heavy (non-hydrogen) atoms. The molecule has 3 aromatic rings. The van der Waals surface area contributed by atoms with Crippen molar-refractivity contribution in [3.63, 3.8) is 0 Å². The van der Waals surface area contributed by atoms with E-state index >= 15 is 0 Å². The van der Waals surface area contributed by atoms with Gasteiger partial charge in [0.15, 0.2) is 11.5 Å². The number of halogens is 1. The number of hydrogen-bond acceptors (Lipinski definition) is 6. The Balaban J connectivity index is 1.68. The molecule has 0 aliphatic heterocycles. The van der Waals surface area contributed by atoms with Crippen LogP contribution in [0, 0.1) is 6.92 Å². The molecule has 0 spiro atoms. The van der Waals surface area contributed by atoms with Crippen LogP contribution >= 0.6 is 22.9 Å². The van der Waals surface area contributed by atoms with Crippen LogP contribution in [-0.4, -0.2) is 34.2 Å². The zero-order chi connectivity index (χ0) is 21.0. The largest absolute Gasteiger partial charge is 0.493 e. The van der Waals surface area contributed by atoms with Gasteiger partial charge < -0.3 is 9.47 Å². The number of rotatable bonds is 8. The van der Waals surface area contributed by atoms with Gasteiger partial charge in [0.2, 0.25) is 10.0 Å². The number of nitrogens with one attached hydrogen (secondary N) is 1. The molecule has 0 atom stereocenters. The summed E-state index contributed by atoms with van der Waals surface area (Å²) in [6, 6.07) is 12.0. The molecule has 0 saturated carbocycles. The van der Waals surface area contributed by atoms with Crippen molar-refractivity contribution in [3.8, 4) is 22.1 Å². The fraction of sp³-hybridized carbons (Fsp3) is 0.250. The fourth-order valence-electron chi connectivity index (χ4n) is 2.74. The van der Waals surface area contributed by atoms with Crippen molar-refractivity contribution in [2.45, 2.75) is 18.2 Å². The van der Waals surface area contributed by atoms with E-state index in [4.69, 9.17) is 21.1 Å². The minimum atomic E-state index is -3.67. The van der Waals surface area contributed by atoms with E-state index in [1.54, 1.807) is 17.4 Å². The minimum Gasteiger partial charge on any atom is -0.493 e. The molecule has 6 nitrogen and oxygen atoms in total. The number of thiazole rings is 1. The van der Waals surface area contributed by atoms with Gasteiger partial charge in [-0.1, -0.05) is 23.7 Å². The lowest BCUT2D eigenvalue weighted by Crippen LogP contribution is -2.26. The lowest BCUT2D eigenvalue weighted by atomic mass is 10.2. The van der Waals surface area contributed by atoms with Crippen LogP contribution in [0.1, 0.15) is 10.6 Å². The van der Waals surface area contributed by atoms with Crippen LogP contribution in [0.25, 0.3) is 10.6 Å². The van der Waals surface area contributed by atoms with Crippen molar-refractivity contribution in [3.05, 3.63) is 58.1 Å². The predicted molar refractivity (Wildman–Crippen MR) is 116 cm³/mol. The van der Waals surface area contributed by atoms with Crippen molar-refractivity contribution >= 4 is 33.0 Å². The van der Waals surface area contributed by atoms with E-state index in [9.17, 15) is 8.42 Å². The Labute approximate surface area is 179 Å². The third-order valence-electron chi connectivity index (χ3n) is 4.29. The number of methoxy groups -OCH3 is 2. The summed E-state index contributed by atoms with van der Waals surface area (Å²) in [7, 11) is -0.702.